The first kappa shape index (κ1) is 19.8. The van der Waals surface area contributed by atoms with Crippen LogP contribution in [0.3, 0.4) is 0 Å². The van der Waals surface area contributed by atoms with E-state index in [0.29, 0.717) is 25.2 Å². The number of rotatable bonds is 7. The van der Waals surface area contributed by atoms with E-state index in [1.165, 1.54) is 6.07 Å². The molecule has 0 fully saturated rings. The molecule has 26 heavy (non-hydrogen) atoms. The summed E-state index contributed by atoms with van der Waals surface area (Å²) >= 11 is 0. The SMILES string of the molecule is C=CCN(Cc1cccn1Cc1cccc(C(F)(F)F)c1)C(=O)C(C)C. The predicted octanol–water partition coefficient (Wildman–Crippen LogP) is 4.73. The average Bonchev–Trinajstić information content (AvgIpc) is 3.00. The fourth-order valence-electron chi connectivity index (χ4n) is 2.74. The number of amides is 1. The first-order valence-electron chi connectivity index (χ1n) is 8.42. The lowest BCUT2D eigenvalue weighted by Crippen LogP contribution is -2.34. The largest absolute Gasteiger partial charge is 0.416 e. The number of carbonyl (C=O) groups is 1. The first-order valence-corrected chi connectivity index (χ1v) is 8.42. The van der Waals surface area contributed by atoms with Crippen molar-refractivity contribution >= 4 is 5.91 Å². The summed E-state index contributed by atoms with van der Waals surface area (Å²) in [5.74, 6) is -0.126. The molecular formula is C20H23F3N2O. The molecule has 0 aliphatic carbocycles. The average molecular weight is 364 g/mol. The van der Waals surface area contributed by atoms with E-state index in [1.807, 2.05) is 36.7 Å². The summed E-state index contributed by atoms with van der Waals surface area (Å²) in [6, 6.07) is 9.00. The number of hydrogen-bond donors (Lipinski definition) is 0. The quantitative estimate of drug-likeness (QED) is 0.652. The van der Waals surface area contributed by atoms with E-state index in [-0.39, 0.29) is 11.8 Å². The third kappa shape index (κ3) is 5.00. The molecule has 0 bridgehead atoms. The summed E-state index contributed by atoms with van der Waals surface area (Å²) in [5.41, 5.74) is 0.757. The van der Waals surface area contributed by atoms with Gasteiger partial charge in [0.05, 0.1) is 12.1 Å². The van der Waals surface area contributed by atoms with Crippen molar-refractivity contribution in [3.05, 3.63) is 72.1 Å². The number of hydrogen-bond acceptors (Lipinski definition) is 1. The maximum Gasteiger partial charge on any atom is 0.416 e. The molecule has 0 spiro atoms. The summed E-state index contributed by atoms with van der Waals surface area (Å²) in [5, 5.41) is 0. The Morgan fingerprint density at radius 1 is 1.27 bits per heavy atom. The van der Waals surface area contributed by atoms with Crippen molar-refractivity contribution in [2.75, 3.05) is 6.54 Å². The van der Waals surface area contributed by atoms with E-state index in [4.69, 9.17) is 0 Å². The number of halogens is 3. The van der Waals surface area contributed by atoms with Crippen molar-refractivity contribution in [1.29, 1.82) is 0 Å². The molecule has 0 radical (unpaired) electrons. The number of benzene rings is 1. The molecule has 0 saturated carbocycles. The Hall–Kier alpha value is -2.50. The monoisotopic (exact) mass is 364 g/mol. The van der Waals surface area contributed by atoms with Crippen LogP contribution in [-0.4, -0.2) is 21.9 Å². The van der Waals surface area contributed by atoms with Crippen molar-refractivity contribution in [2.24, 2.45) is 5.92 Å². The van der Waals surface area contributed by atoms with E-state index >= 15 is 0 Å². The zero-order valence-electron chi connectivity index (χ0n) is 15.0. The highest BCUT2D eigenvalue weighted by Gasteiger charge is 2.30. The van der Waals surface area contributed by atoms with Gasteiger partial charge in [0, 0.05) is 30.9 Å². The van der Waals surface area contributed by atoms with Gasteiger partial charge in [-0.3, -0.25) is 4.79 Å². The molecule has 1 aromatic carbocycles. The van der Waals surface area contributed by atoms with Crippen LogP contribution in [0.5, 0.6) is 0 Å². The van der Waals surface area contributed by atoms with E-state index in [9.17, 15) is 18.0 Å². The molecule has 0 aliphatic heterocycles. The van der Waals surface area contributed by atoms with Crippen LogP contribution in [0.2, 0.25) is 0 Å². The maximum absolute atomic E-state index is 12.9. The van der Waals surface area contributed by atoms with Gasteiger partial charge < -0.3 is 9.47 Å². The molecule has 2 rings (SSSR count). The summed E-state index contributed by atoms with van der Waals surface area (Å²) in [4.78, 5) is 14.0. The van der Waals surface area contributed by atoms with E-state index in [2.05, 4.69) is 6.58 Å². The molecule has 0 unspecified atom stereocenters. The molecule has 1 aromatic heterocycles. The molecule has 6 heteroatoms. The normalized spacial score (nSPS) is 11.6. The lowest BCUT2D eigenvalue weighted by molar-refractivity contribution is -0.137. The van der Waals surface area contributed by atoms with Crippen molar-refractivity contribution < 1.29 is 18.0 Å². The summed E-state index contributed by atoms with van der Waals surface area (Å²) in [6.45, 7) is 8.47. The van der Waals surface area contributed by atoms with Gasteiger partial charge in [0.25, 0.3) is 0 Å². The minimum absolute atomic E-state index is 0.0109. The number of nitrogens with zero attached hydrogens (tertiary/aromatic N) is 2. The second-order valence-corrected chi connectivity index (χ2v) is 6.49. The second-order valence-electron chi connectivity index (χ2n) is 6.49. The lowest BCUT2D eigenvalue weighted by Gasteiger charge is -2.24. The van der Waals surface area contributed by atoms with Gasteiger partial charge in [-0.15, -0.1) is 6.58 Å². The smallest absolute Gasteiger partial charge is 0.345 e. The second kappa shape index (κ2) is 8.25. The maximum atomic E-state index is 12.9. The Morgan fingerprint density at radius 2 is 2.00 bits per heavy atom. The van der Waals surface area contributed by atoms with E-state index in [1.54, 1.807) is 17.0 Å². The molecule has 0 atom stereocenters. The topological polar surface area (TPSA) is 25.2 Å². The van der Waals surface area contributed by atoms with Crippen LogP contribution in [0.15, 0.2) is 55.3 Å². The Morgan fingerprint density at radius 3 is 2.62 bits per heavy atom. The fourth-order valence-corrected chi connectivity index (χ4v) is 2.74. The molecule has 1 amide bonds. The van der Waals surface area contributed by atoms with Crippen molar-refractivity contribution in [2.45, 2.75) is 33.1 Å². The van der Waals surface area contributed by atoms with Gasteiger partial charge in [0.15, 0.2) is 0 Å². The van der Waals surface area contributed by atoms with E-state index in [0.717, 1.165) is 17.8 Å². The number of aromatic nitrogens is 1. The van der Waals surface area contributed by atoms with Gasteiger partial charge >= 0.3 is 6.18 Å². The van der Waals surface area contributed by atoms with Crippen molar-refractivity contribution in [3.63, 3.8) is 0 Å². The fraction of sp³-hybridized carbons (Fsp3) is 0.350. The highest BCUT2D eigenvalue weighted by molar-refractivity contribution is 5.78. The molecule has 140 valence electrons. The third-order valence-electron chi connectivity index (χ3n) is 4.04. The van der Waals surface area contributed by atoms with Crippen molar-refractivity contribution in [1.82, 2.24) is 9.47 Å². The van der Waals surface area contributed by atoms with Crippen LogP contribution in [-0.2, 0) is 24.1 Å². The van der Waals surface area contributed by atoms with Gasteiger partial charge in [0.1, 0.15) is 0 Å². The summed E-state index contributed by atoms with van der Waals surface area (Å²) in [6.07, 6.45) is -0.887. The summed E-state index contributed by atoms with van der Waals surface area (Å²) < 4.78 is 40.5. The molecule has 0 N–H and O–H groups in total. The van der Waals surface area contributed by atoms with Crippen molar-refractivity contribution in [3.8, 4) is 0 Å². The Balaban J connectivity index is 2.20. The van der Waals surface area contributed by atoms with Crippen LogP contribution in [0.25, 0.3) is 0 Å². The molecule has 0 aliphatic rings. The van der Waals surface area contributed by atoms with Crippen LogP contribution >= 0.6 is 0 Å². The van der Waals surface area contributed by atoms with Crippen LogP contribution in [0, 0.1) is 5.92 Å². The first-order chi connectivity index (χ1) is 12.2. The Labute approximate surface area is 151 Å². The third-order valence-corrected chi connectivity index (χ3v) is 4.04. The number of carbonyl (C=O) groups excluding carboxylic acids is 1. The number of alkyl halides is 3. The van der Waals surface area contributed by atoms with Crippen LogP contribution < -0.4 is 0 Å². The van der Waals surface area contributed by atoms with Crippen LogP contribution in [0.4, 0.5) is 13.2 Å². The standard InChI is InChI=1S/C20H23F3N2O/c1-4-10-25(19(26)15(2)3)14-18-9-6-11-24(18)13-16-7-5-8-17(12-16)20(21,22)23/h4-9,11-12,15H,1,10,13-14H2,2-3H3. The molecular weight excluding hydrogens is 341 g/mol. The zero-order valence-corrected chi connectivity index (χ0v) is 15.0. The minimum Gasteiger partial charge on any atom is -0.345 e. The highest BCUT2D eigenvalue weighted by Crippen LogP contribution is 2.29. The molecule has 2 aromatic rings. The zero-order chi connectivity index (χ0) is 19.3. The Kier molecular flexibility index (Phi) is 6.29. The molecule has 1 heterocycles. The van der Waals surface area contributed by atoms with Gasteiger partial charge in [-0.25, -0.2) is 0 Å². The summed E-state index contributed by atoms with van der Waals surface area (Å²) in [7, 11) is 0. The van der Waals surface area contributed by atoms with Gasteiger partial charge in [0.2, 0.25) is 5.91 Å². The van der Waals surface area contributed by atoms with Gasteiger partial charge in [-0.1, -0.05) is 32.1 Å². The Bertz CT molecular complexity index is 762. The van der Waals surface area contributed by atoms with Gasteiger partial charge in [-0.05, 0) is 29.8 Å². The predicted molar refractivity (Wildman–Crippen MR) is 95.4 cm³/mol. The molecule has 3 nitrogen and oxygen atoms in total. The minimum atomic E-state index is -4.36. The lowest BCUT2D eigenvalue weighted by atomic mass is 10.1. The van der Waals surface area contributed by atoms with E-state index < -0.39 is 11.7 Å². The van der Waals surface area contributed by atoms with Gasteiger partial charge in [-0.2, -0.15) is 13.2 Å². The molecule has 0 saturated heterocycles. The van der Waals surface area contributed by atoms with Crippen LogP contribution in [0.1, 0.15) is 30.7 Å². The highest BCUT2D eigenvalue weighted by atomic mass is 19.4.